The van der Waals surface area contributed by atoms with E-state index >= 15 is 0 Å². The number of hydrogen-bond donors (Lipinski definition) is 1. The van der Waals surface area contributed by atoms with Crippen molar-refractivity contribution in [2.75, 3.05) is 18.5 Å². The Kier molecular flexibility index (Phi) is 8.45. The van der Waals surface area contributed by atoms with E-state index in [1.807, 2.05) is 6.92 Å². The van der Waals surface area contributed by atoms with Crippen molar-refractivity contribution in [2.24, 2.45) is 0 Å². The van der Waals surface area contributed by atoms with Crippen LogP contribution in [0.4, 0.5) is 5.69 Å². The molecule has 0 aliphatic rings. The lowest BCUT2D eigenvalue weighted by Gasteiger charge is -2.12. The van der Waals surface area contributed by atoms with Crippen LogP contribution < -0.4 is 5.32 Å². The Labute approximate surface area is 156 Å². The van der Waals surface area contributed by atoms with Gasteiger partial charge in [0.1, 0.15) is 5.57 Å². The smallest absolute Gasteiger partial charge is 0.343 e. The minimum absolute atomic E-state index is 0.00990. The van der Waals surface area contributed by atoms with Crippen molar-refractivity contribution in [1.82, 2.24) is 0 Å². The van der Waals surface area contributed by atoms with Crippen LogP contribution in [0, 0.1) is 0 Å². The molecule has 0 saturated carbocycles. The number of Topliss-reactive ketones (excluding diaryl/α,β-unsaturated/α-hetero) is 1. The van der Waals surface area contributed by atoms with Crippen LogP contribution in [-0.4, -0.2) is 30.9 Å². The average Bonchev–Trinajstić information content (AvgIpc) is 2.55. The third kappa shape index (κ3) is 5.76. The van der Waals surface area contributed by atoms with Crippen LogP contribution >= 0.6 is 23.2 Å². The molecule has 1 aromatic carbocycles. The number of carbonyl (C=O) groups excluding carboxylic acids is 3. The van der Waals surface area contributed by atoms with Crippen LogP contribution in [-0.2, 0) is 19.1 Å². The molecular weight excluding hydrogens is 369 g/mol. The van der Waals surface area contributed by atoms with Gasteiger partial charge in [0.2, 0.25) is 0 Å². The fourth-order valence-corrected chi connectivity index (χ4v) is 2.36. The van der Waals surface area contributed by atoms with E-state index in [1.165, 1.54) is 25.3 Å². The Bertz CT molecular complexity index is 701. The van der Waals surface area contributed by atoms with Gasteiger partial charge >= 0.3 is 11.9 Å². The van der Waals surface area contributed by atoms with Crippen molar-refractivity contribution >= 4 is 46.6 Å². The summed E-state index contributed by atoms with van der Waals surface area (Å²) < 4.78 is 9.86. The van der Waals surface area contributed by atoms with E-state index in [4.69, 9.17) is 32.7 Å². The maximum atomic E-state index is 12.1. The Hall–Kier alpha value is -2.05. The Balaban J connectivity index is 3.14. The van der Waals surface area contributed by atoms with Crippen molar-refractivity contribution in [1.29, 1.82) is 0 Å². The largest absolute Gasteiger partial charge is 0.462 e. The number of benzene rings is 1. The first-order valence-corrected chi connectivity index (χ1v) is 8.38. The van der Waals surface area contributed by atoms with Gasteiger partial charge in [0.15, 0.2) is 5.78 Å². The molecule has 0 aromatic heterocycles. The molecule has 1 rings (SSSR count). The summed E-state index contributed by atoms with van der Waals surface area (Å²) in [5, 5.41) is 2.89. The molecule has 136 valence electrons. The lowest BCUT2D eigenvalue weighted by molar-refractivity contribution is -0.139. The van der Waals surface area contributed by atoms with Gasteiger partial charge in [0.05, 0.1) is 34.5 Å². The zero-order valence-corrected chi connectivity index (χ0v) is 15.7. The molecule has 8 heteroatoms. The highest BCUT2D eigenvalue weighted by Gasteiger charge is 2.20. The summed E-state index contributed by atoms with van der Waals surface area (Å²) in [6.07, 6.45) is 1.83. The van der Waals surface area contributed by atoms with Gasteiger partial charge in [-0.25, -0.2) is 9.59 Å². The summed E-state index contributed by atoms with van der Waals surface area (Å²) in [6.45, 7) is 5.10. The molecule has 1 N–H and O–H groups in total. The maximum absolute atomic E-state index is 12.1. The van der Waals surface area contributed by atoms with Gasteiger partial charge in [-0.3, -0.25) is 4.79 Å². The molecule has 6 nitrogen and oxygen atoms in total. The number of ketones is 1. The molecule has 0 saturated heterocycles. The van der Waals surface area contributed by atoms with E-state index in [9.17, 15) is 14.4 Å². The molecule has 0 aliphatic carbocycles. The lowest BCUT2D eigenvalue weighted by atomic mass is 10.1. The fourth-order valence-electron chi connectivity index (χ4n) is 1.78. The highest BCUT2D eigenvalue weighted by Crippen LogP contribution is 2.32. The van der Waals surface area contributed by atoms with E-state index in [-0.39, 0.29) is 40.1 Å². The molecule has 0 atom stereocenters. The van der Waals surface area contributed by atoms with Gasteiger partial charge in [-0.05, 0) is 32.4 Å². The van der Waals surface area contributed by atoms with Crippen LogP contribution in [0.15, 0.2) is 23.9 Å². The van der Waals surface area contributed by atoms with Crippen molar-refractivity contribution in [3.05, 3.63) is 39.5 Å². The summed E-state index contributed by atoms with van der Waals surface area (Å²) in [4.78, 5) is 35.4. The van der Waals surface area contributed by atoms with Gasteiger partial charge in [-0.15, -0.1) is 0 Å². The van der Waals surface area contributed by atoms with E-state index in [0.717, 1.165) is 0 Å². The highest BCUT2D eigenvalue weighted by atomic mass is 35.5. The number of carbonyl (C=O) groups is 3. The molecule has 0 bridgehead atoms. The summed E-state index contributed by atoms with van der Waals surface area (Å²) in [5.74, 6) is -1.88. The quantitative estimate of drug-likeness (QED) is 0.314. The minimum atomic E-state index is -0.754. The second-order valence-electron chi connectivity index (χ2n) is 4.90. The van der Waals surface area contributed by atoms with Crippen LogP contribution in [0.2, 0.25) is 10.0 Å². The summed E-state index contributed by atoms with van der Waals surface area (Å²) in [6, 6.07) is 2.98. The first kappa shape index (κ1) is 21.0. The number of nitrogens with one attached hydrogen (secondary N) is 1. The molecule has 0 radical (unpaired) electrons. The Morgan fingerprint density at radius 1 is 1.16 bits per heavy atom. The van der Waals surface area contributed by atoms with Crippen LogP contribution in [0.25, 0.3) is 0 Å². The Morgan fingerprint density at radius 3 is 2.40 bits per heavy atom. The molecule has 25 heavy (non-hydrogen) atoms. The SMILES string of the molecule is CCCOC(=O)c1c(Cl)ccc(NC=C(C(C)=O)C(=O)OCC)c1Cl. The monoisotopic (exact) mass is 387 g/mol. The van der Waals surface area contributed by atoms with Crippen molar-refractivity contribution in [3.63, 3.8) is 0 Å². The summed E-state index contributed by atoms with van der Waals surface area (Å²) >= 11 is 12.2. The van der Waals surface area contributed by atoms with Crippen molar-refractivity contribution < 1.29 is 23.9 Å². The van der Waals surface area contributed by atoms with Crippen molar-refractivity contribution in [3.8, 4) is 0 Å². The predicted octanol–water partition coefficient (Wildman–Crippen LogP) is 4.01. The number of rotatable bonds is 8. The predicted molar refractivity (Wildman–Crippen MR) is 96.1 cm³/mol. The van der Waals surface area contributed by atoms with Crippen molar-refractivity contribution in [2.45, 2.75) is 27.2 Å². The first-order chi connectivity index (χ1) is 11.8. The average molecular weight is 388 g/mol. The number of anilines is 1. The van der Waals surface area contributed by atoms with E-state index in [2.05, 4.69) is 5.32 Å². The fraction of sp³-hybridized carbons (Fsp3) is 0.353. The van der Waals surface area contributed by atoms with E-state index < -0.39 is 17.7 Å². The standard InChI is InChI=1S/C17H19Cl2NO5/c1-4-8-25-17(23)14-12(18)6-7-13(15(14)19)20-9-11(10(3)21)16(22)24-5-2/h6-7,9,20H,4-5,8H2,1-3H3. The number of esters is 2. The molecule has 0 heterocycles. The number of halogens is 2. The highest BCUT2D eigenvalue weighted by molar-refractivity contribution is 6.41. The van der Waals surface area contributed by atoms with Crippen LogP contribution in [0.5, 0.6) is 0 Å². The number of hydrogen-bond acceptors (Lipinski definition) is 6. The first-order valence-electron chi connectivity index (χ1n) is 7.63. The molecular formula is C17H19Cl2NO5. The van der Waals surface area contributed by atoms with Gasteiger partial charge in [-0.2, -0.15) is 0 Å². The third-order valence-corrected chi connectivity index (χ3v) is 3.69. The van der Waals surface area contributed by atoms with Gasteiger partial charge in [-0.1, -0.05) is 30.1 Å². The normalized spacial score (nSPS) is 11.0. The van der Waals surface area contributed by atoms with Crippen LogP contribution in [0.3, 0.4) is 0 Å². The van der Waals surface area contributed by atoms with E-state index in [1.54, 1.807) is 6.92 Å². The molecule has 0 unspecified atom stereocenters. The zero-order valence-electron chi connectivity index (χ0n) is 14.2. The molecule has 0 fully saturated rings. The molecule has 0 spiro atoms. The van der Waals surface area contributed by atoms with Gasteiger partial charge in [0, 0.05) is 6.20 Å². The van der Waals surface area contributed by atoms with Gasteiger partial charge < -0.3 is 14.8 Å². The topological polar surface area (TPSA) is 81.7 Å². The second kappa shape index (κ2) is 10.1. The summed E-state index contributed by atoms with van der Waals surface area (Å²) in [7, 11) is 0. The van der Waals surface area contributed by atoms with E-state index in [0.29, 0.717) is 6.42 Å². The zero-order chi connectivity index (χ0) is 19.0. The molecule has 1 aromatic rings. The maximum Gasteiger partial charge on any atom is 0.343 e. The Morgan fingerprint density at radius 2 is 1.84 bits per heavy atom. The van der Waals surface area contributed by atoms with Gasteiger partial charge in [0.25, 0.3) is 0 Å². The number of ether oxygens (including phenoxy) is 2. The minimum Gasteiger partial charge on any atom is -0.462 e. The van der Waals surface area contributed by atoms with Crippen LogP contribution in [0.1, 0.15) is 37.6 Å². The summed E-state index contributed by atoms with van der Waals surface area (Å²) in [5.41, 5.74) is 0.122. The second-order valence-corrected chi connectivity index (χ2v) is 5.68. The molecule has 0 amide bonds. The third-order valence-electron chi connectivity index (χ3n) is 2.98. The molecule has 0 aliphatic heterocycles. The lowest BCUT2D eigenvalue weighted by Crippen LogP contribution is -2.15.